The van der Waals surface area contributed by atoms with Crippen LogP contribution in [0.25, 0.3) is 0 Å². The van der Waals surface area contributed by atoms with Gasteiger partial charge in [-0.1, -0.05) is 129 Å². The maximum atomic E-state index is 12.4. The Morgan fingerprint density at radius 1 is 0.612 bits per heavy atom. The molecule has 1 aliphatic heterocycles. The Labute approximate surface area is 315 Å². The molecular formula is C31H57N3O9S6. The van der Waals surface area contributed by atoms with Gasteiger partial charge in [-0.3, -0.25) is 29.3 Å². The smallest absolute Gasteiger partial charge is 0.320 e. The number of amides is 1. The Hall–Kier alpha value is -0.470. The molecule has 0 bridgehead atoms. The van der Waals surface area contributed by atoms with E-state index in [1.165, 1.54) is 25.7 Å². The number of nitrogens with one attached hydrogen (secondary N) is 2. The summed E-state index contributed by atoms with van der Waals surface area (Å²) in [4.78, 5) is 58.7. The lowest BCUT2D eigenvalue weighted by Gasteiger charge is -2.21. The van der Waals surface area contributed by atoms with Crippen LogP contribution in [0.5, 0.6) is 0 Å². The van der Waals surface area contributed by atoms with E-state index in [0.29, 0.717) is 32.2 Å². The van der Waals surface area contributed by atoms with Crippen molar-refractivity contribution in [3.8, 4) is 0 Å². The first-order chi connectivity index (χ1) is 23.7. The van der Waals surface area contributed by atoms with Gasteiger partial charge in [0.1, 0.15) is 16.5 Å². The lowest BCUT2D eigenvalue weighted by Crippen LogP contribution is -2.40. The molecule has 12 nitrogen and oxygen atoms in total. The minimum atomic E-state index is -1.05. The van der Waals surface area contributed by atoms with E-state index in [9.17, 15) is 34.2 Å². The first kappa shape index (κ1) is 48.5. The zero-order valence-electron chi connectivity index (χ0n) is 28.4. The van der Waals surface area contributed by atoms with Crippen LogP contribution in [0.1, 0.15) is 128 Å². The summed E-state index contributed by atoms with van der Waals surface area (Å²) in [6.45, 7) is 0.394. The van der Waals surface area contributed by atoms with Crippen LogP contribution in [0.3, 0.4) is 0 Å². The van der Waals surface area contributed by atoms with E-state index in [4.69, 9.17) is 10.3 Å². The lowest BCUT2D eigenvalue weighted by molar-refractivity contribution is -0.144. The van der Waals surface area contributed by atoms with E-state index in [1.54, 1.807) is 64.8 Å². The molecule has 0 aliphatic carbocycles. The third-order valence-corrected chi connectivity index (χ3v) is 17.4. The van der Waals surface area contributed by atoms with Crippen molar-refractivity contribution in [1.29, 1.82) is 0 Å². The van der Waals surface area contributed by atoms with E-state index in [-0.39, 0.29) is 42.1 Å². The summed E-state index contributed by atoms with van der Waals surface area (Å²) in [5.74, 6) is -0.339. The maximum absolute atomic E-state index is 12.4. The van der Waals surface area contributed by atoms with Crippen molar-refractivity contribution in [2.24, 2.45) is 11.8 Å². The molecule has 1 rings (SSSR count). The Morgan fingerprint density at radius 2 is 1.12 bits per heavy atom. The molecule has 1 fully saturated rings. The number of carboxylic acid groups (broad SMARTS) is 3. The SMILES string of the molecule is NO.O=C(O)CCCCCCCCCCCCCCC(=O)C[C@@H](CCC(=O)NCCCC[C@H](NC1SSCSSCSS1)C(=O)O)C(=O)O. The molecular weight excluding hydrogens is 751 g/mol. The number of carbonyl (C=O) groups excluding carboxylic acids is 2. The molecule has 8 N–H and O–H groups in total. The predicted octanol–water partition coefficient (Wildman–Crippen LogP) is 7.99. The van der Waals surface area contributed by atoms with Crippen molar-refractivity contribution in [3.05, 3.63) is 0 Å². The molecule has 286 valence electrons. The number of ketones is 1. The Kier molecular flexibility index (Phi) is 34.3. The Balaban J connectivity index is 0.0000113. The highest BCUT2D eigenvalue weighted by molar-refractivity contribution is 8.92. The average molecular weight is 808 g/mol. The zero-order chi connectivity index (χ0) is 36.5. The molecule has 0 aromatic heterocycles. The minimum absolute atomic E-state index is 0.0217. The van der Waals surface area contributed by atoms with E-state index >= 15 is 0 Å². The van der Waals surface area contributed by atoms with E-state index in [1.807, 2.05) is 0 Å². The van der Waals surface area contributed by atoms with Crippen LogP contribution in [0.15, 0.2) is 0 Å². The second-order valence-electron chi connectivity index (χ2n) is 11.6. The number of unbranched alkanes of at least 4 members (excludes halogenated alkanes) is 12. The number of carboxylic acids is 3. The van der Waals surface area contributed by atoms with Crippen LogP contribution >= 0.6 is 64.8 Å². The predicted molar refractivity (Wildman–Crippen MR) is 209 cm³/mol. The Morgan fingerprint density at radius 3 is 1.61 bits per heavy atom. The summed E-state index contributed by atoms with van der Waals surface area (Å²) in [6, 6.07) is -0.664. The van der Waals surface area contributed by atoms with Gasteiger partial charge in [0.2, 0.25) is 5.91 Å². The molecule has 1 saturated heterocycles. The third-order valence-electron chi connectivity index (χ3n) is 7.60. The molecule has 1 amide bonds. The molecule has 1 aliphatic rings. The van der Waals surface area contributed by atoms with Crippen LogP contribution in [0, 0.1) is 5.92 Å². The highest BCUT2D eigenvalue weighted by Crippen LogP contribution is 2.46. The molecule has 18 heteroatoms. The van der Waals surface area contributed by atoms with Gasteiger partial charge in [0.15, 0.2) is 0 Å². The van der Waals surface area contributed by atoms with Crippen molar-refractivity contribution in [3.63, 3.8) is 0 Å². The number of hydrogen-bond acceptors (Lipinski definition) is 14. The summed E-state index contributed by atoms with van der Waals surface area (Å²) < 4.78 is -0.0217. The minimum Gasteiger partial charge on any atom is -0.481 e. The number of nitrogens with two attached hydrogens (primary N) is 1. The lowest BCUT2D eigenvalue weighted by atomic mass is 9.94. The standard InChI is InChI=1S/C31H54N2O8S6.H3NO/c34-25(15-11-9-7-5-3-1-2-4-6-8-10-12-17-28(36)37)21-24(29(38)39)18-19-27(35)32-20-14-13-16-26(30(40)41)33-31-46-44-22-42-43-23-45-47-31;1-2/h24,26,31,33H,1-23H2,(H,32,35)(H,36,37)(H,38,39)(H,40,41);2H,1H2/t24-,26+;/m1./s1. The fourth-order valence-electron chi connectivity index (χ4n) is 4.95. The molecule has 0 aromatic carbocycles. The summed E-state index contributed by atoms with van der Waals surface area (Å²) in [5, 5.41) is 42.3. The Bertz CT molecular complexity index is 901. The molecule has 0 aromatic rings. The highest BCUT2D eigenvalue weighted by Gasteiger charge is 2.24. The van der Waals surface area contributed by atoms with Crippen LogP contribution < -0.4 is 16.5 Å². The topological polar surface area (TPSA) is 216 Å². The molecule has 49 heavy (non-hydrogen) atoms. The van der Waals surface area contributed by atoms with Gasteiger partial charge in [-0.25, -0.2) is 5.90 Å². The first-order valence-electron chi connectivity index (χ1n) is 17.0. The molecule has 0 saturated carbocycles. The summed E-state index contributed by atoms with van der Waals surface area (Å²) in [6.07, 6.45) is 15.1. The number of rotatable bonds is 29. The summed E-state index contributed by atoms with van der Waals surface area (Å²) in [7, 11) is 10.3. The molecule has 0 spiro atoms. The van der Waals surface area contributed by atoms with E-state index in [0.717, 1.165) is 61.5 Å². The van der Waals surface area contributed by atoms with Crippen LogP contribution in [0.2, 0.25) is 0 Å². The zero-order valence-corrected chi connectivity index (χ0v) is 33.3. The number of aliphatic carboxylic acids is 3. The van der Waals surface area contributed by atoms with Crippen molar-refractivity contribution in [2.75, 3.05) is 16.7 Å². The quantitative estimate of drug-likeness (QED) is 0.0216. The second kappa shape index (κ2) is 34.6. The fourth-order valence-corrected chi connectivity index (χ4v) is 15.4. The normalized spacial score (nSPS) is 15.1. The average Bonchev–Trinajstić information content (AvgIpc) is 3.20. The van der Waals surface area contributed by atoms with Crippen LogP contribution in [-0.2, 0) is 24.0 Å². The van der Waals surface area contributed by atoms with E-state index < -0.39 is 29.9 Å². The largest absolute Gasteiger partial charge is 0.481 e. The summed E-state index contributed by atoms with van der Waals surface area (Å²) >= 11 is 0. The third kappa shape index (κ3) is 30.8. The van der Waals surface area contributed by atoms with E-state index in [2.05, 4.69) is 16.5 Å². The first-order valence-corrected chi connectivity index (χ1v) is 24.2. The van der Waals surface area contributed by atoms with Gasteiger partial charge in [0.05, 0.1) is 16.1 Å². The van der Waals surface area contributed by atoms with Crippen molar-refractivity contribution < 1.29 is 44.5 Å². The highest BCUT2D eigenvalue weighted by atomic mass is 33.2. The molecule has 0 radical (unpaired) electrons. The number of Topliss-reactive ketones (excluding diaryl/α,β-unsaturated/α-hetero) is 1. The van der Waals surface area contributed by atoms with Crippen LogP contribution in [0.4, 0.5) is 0 Å². The second-order valence-corrected chi connectivity index (χ2v) is 20.0. The van der Waals surface area contributed by atoms with Crippen LogP contribution in [-0.4, -0.2) is 77.6 Å². The number of hydrogen-bond donors (Lipinski definition) is 7. The number of carbonyl (C=O) groups is 5. The molecule has 0 unspecified atom stereocenters. The van der Waals surface area contributed by atoms with Gasteiger partial charge in [0, 0.05) is 32.2 Å². The van der Waals surface area contributed by atoms with Gasteiger partial charge in [-0.15, -0.1) is 0 Å². The van der Waals surface area contributed by atoms with Gasteiger partial charge in [-0.05, 0) is 38.5 Å². The van der Waals surface area contributed by atoms with Gasteiger partial charge >= 0.3 is 17.9 Å². The van der Waals surface area contributed by atoms with Gasteiger partial charge in [-0.2, -0.15) is 0 Å². The monoisotopic (exact) mass is 807 g/mol. The van der Waals surface area contributed by atoms with Crippen molar-refractivity contribution in [2.45, 2.75) is 139 Å². The summed E-state index contributed by atoms with van der Waals surface area (Å²) in [5.41, 5.74) is 0. The van der Waals surface area contributed by atoms with Crippen molar-refractivity contribution >= 4 is 94.4 Å². The van der Waals surface area contributed by atoms with Gasteiger partial charge < -0.3 is 25.8 Å². The van der Waals surface area contributed by atoms with Gasteiger partial charge in [0.25, 0.3) is 0 Å². The fraction of sp³-hybridized carbons (Fsp3) is 0.839. The maximum Gasteiger partial charge on any atom is 0.320 e. The van der Waals surface area contributed by atoms with Crippen molar-refractivity contribution in [1.82, 2.24) is 10.6 Å². The molecule has 2 atom stereocenters. The molecule has 1 heterocycles.